The third-order valence-electron chi connectivity index (χ3n) is 6.87. The average molecular weight is 491 g/mol. The van der Waals surface area contributed by atoms with E-state index in [0.29, 0.717) is 0 Å². The highest BCUT2D eigenvalue weighted by Gasteiger charge is 2.23. The summed E-state index contributed by atoms with van der Waals surface area (Å²) >= 11 is 5.91. The van der Waals surface area contributed by atoms with Crippen molar-refractivity contribution in [2.24, 2.45) is 0 Å². The maximum absolute atomic E-state index is 5.91. The molecule has 0 spiro atoms. The summed E-state index contributed by atoms with van der Waals surface area (Å²) in [4.78, 5) is 0. The van der Waals surface area contributed by atoms with Crippen molar-refractivity contribution >= 4 is 21.8 Å². The van der Waals surface area contributed by atoms with E-state index in [1.807, 2.05) is 0 Å². The molecule has 0 aromatic carbocycles. The zero-order valence-electron chi connectivity index (χ0n) is 23.0. The van der Waals surface area contributed by atoms with E-state index in [0.717, 1.165) is 23.3 Å². The molecule has 0 amide bonds. The van der Waals surface area contributed by atoms with Crippen LogP contribution >= 0.6 is 11.6 Å². The van der Waals surface area contributed by atoms with Gasteiger partial charge in [-0.05, 0) is 38.5 Å². The van der Waals surface area contributed by atoms with Crippen LogP contribution < -0.4 is 0 Å². The summed E-state index contributed by atoms with van der Waals surface area (Å²) in [5.41, 5.74) is 0. The van der Waals surface area contributed by atoms with E-state index in [4.69, 9.17) is 16.3 Å². The van der Waals surface area contributed by atoms with Gasteiger partial charge in [0, 0.05) is 6.61 Å². The Labute approximate surface area is 211 Å². The molecule has 0 radical (unpaired) electrons. The van der Waals surface area contributed by atoms with Crippen molar-refractivity contribution in [3.05, 3.63) is 0 Å². The predicted octanol–water partition coefficient (Wildman–Crippen LogP) is 8.18. The van der Waals surface area contributed by atoms with Gasteiger partial charge in [0.1, 0.15) is 4.68 Å². The minimum atomic E-state index is -0.210. The number of unbranched alkanes of at least 4 members (excludes halogenated alkanes) is 15. The highest BCUT2D eigenvalue weighted by molar-refractivity contribution is 6.43. The molecule has 0 bridgehead atoms. The second-order valence-corrected chi connectivity index (χ2v) is 14.1. The van der Waals surface area contributed by atoms with Crippen molar-refractivity contribution in [1.82, 2.24) is 0 Å². The highest BCUT2D eigenvalue weighted by atomic mass is 35.5. The van der Waals surface area contributed by atoms with E-state index >= 15 is 0 Å². The fraction of sp³-hybridized carbons (Fsp3) is 1.00. The number of hydrogen-bond donors (Lipinski definition) is 0. The Hall–Kier alpha value is 0.427. The number of hydrogen-bond acceptors (Lipinski definition) is 1. The van der Waals surface area contributed by atoms with Gasteiger partial charge in [-0.3, -0.25) is 0 Å². The Bertz CT molecular complexity index is 382. The van der Waals surface area contributed by atoms with Gasteiger partial charge in [0.15, 0.2) is 0 Å². The number of quaternary nitrogens is 1. The van der Waals surface area contributed by atoms with Crippen LogP contribution in [0.2, 0.25) is 0 Å². The Balaban J connectivity index is 0.000000995. The van der Waals surface area contributed by atoms with Crippen molar-refractivity contribution in [1.29, 1.82) is 0 Å². The van der Waals surface area contributed by atoms with E-state index in [9.17, 15) is 0 Å². The smallest absolute Gasteiger partial charge is 0.118 e. The molecule has 1 heterocycles. The van der Waals surface area contributed by atoms with Crippen LogP contribution in [0.3, 0.4) is 0 Å². The molecular weight excluding hydrogens is 430 g/mol. The largest absolute Gasteiger partial charge is 0.364 e. The number of alkyl halides is 1. The fourth-order valence-corrected chi connectivity index (χ4v) is 5.47. The summed E-state index contributed by atoms with van der Waals surface area (Å²) in [6.45, 7) is 8.17. The zero-order chi connectivity index (χ0) is 24.0. The molecule has 1 aliphatic heterocycles. The van der Waals surface area contributed by atoms with Gasteiger partial charge in [0.25, 0.3) is 0 Å². The fourth-order valence-electron chi connectivity index (χ4n) is 4.71. The first-order valence-electron chi connectivity index (χ1n) is 14.5. The second kappa shape index (κ2) is 21.9. The quantitative estimate of drug-likeness (QED) is 0.0767. The van der Waals surface area contributed by atoms with E-state index in [1.54, 1.807) is 0 Å². The first-order valence-corrected chi connectivity index (χ1v) is 15.9. The molecule has 4 heteroatoms. The van der Waals surface area contributed by atoms with Crippen LogP contribution in [0, 0.1) is 0 Å². The molecule has 0 saturated carbocycles. The third kappa shape index (κ3) is 23.6. The van der Waals surface area contributed by atoms with E-state index in [2.05, 4.69) is 27.9 Å². The molecule has 0 N–H and O–H groups in total. The van der Waals surface area contributed by atoms with Gasteiger partial charge in [0.2, 0.25) is 0 Å². The lowest BCUT2D eigenvalue weighted by atomic mass is 10.0. The van der Waals surface area contributed by atoms with Crippen LogP contribution in [0.5, 0.6) is 0 Å². The zero-order valence-corrected chi connectivity index (χ0v) is 25.8. The summed E-state index contributed by atoms with van der Waals surface area (Å²) in [6, 6.07) is 0. The first kappa shape index (κ1) is 32.4. The lowest BCUT2D eigenvalue weighted by molar-refractivity contribution is -0.890. The number of rotatable bonds is 19. The Morgan fingerprint density at radius 2 is 1.09 bits per heavy atom. The van der Waals surface area contributed by atoms with E-state index in [1.165, 1.54) is 140 Å². The first-order chi connectivity index (χ1) is 15.3. The lowest BCUT2D eigenvalue weighted by Crippen LogP contribution is -2.40. The minimum Gasteiger partial charge on any atom is -0.364 e. The summed E-state index contributed by atoms with van der Waals surface area (Å²) in [6.07, 6.45) is 28.2. The summed E-state index contributed by atoms with van der Waals surface area (Å²) in [5.74, 6) is 0. The Morgan fingerprint density at radius 3 is 1.41 bits per heavy atom. The Kier molecular flexibility index (Phi) is 22.2. The van der Waals surface area contributed by atoms with Crippen LogP contribution in [-0.4, -0.2) is 53.2 Å². The summed E-state index contributed by atoms with van der Waals surface area (Å²) in [7, 11) is 5.72. The molecule has 2 nitrogen and oxygen atoms in total. The maximum Gasteiger partial charge on any atom is 0.118 e. The molecule has 0 aromatic rings. The molecule has 1 saturated heterocycles. The molecule has 1 rings (SSSR count). The van der Waals surface area contributed by atoms with Crippen molar-refractivity contribution in [2.75, 3.05) is 33.8 Å². The van der Waals surface area contributed by atoms with Crippen molar-refractivity contribution in [2.45, 2.75) is 147 Å². The van der Waals surface area contributed by atoms with Crippen LogP contribution in [-0.2, 0) is 4.74 Å². The molecule has 194 valence electrons. The molecule has 1 atom stereocenters. The molecular formula is C28H61ClNOSi+. The monoisotopic (exact) mass is 490 g/mol. The molecule has 0 aromatic heterocycles. The second-order valence-electron chi connectivity index (χ2n) is 11.1. The molecule has 1 aliphatic rings. The van der Waals surface area contributed by atoms with E-state index in [-0.39, 0.29) is 4.68 Å². The van der Waals surface area contributed by atoms with Gasteiger partial charge in [-0.25, -0.2) is 0 Å². The highest BCUT2D eigenvalue weighted by Crippen LogP contribution is 2.24. The topological polar surface area (TPSA) is 9.23 Å². The van der Waals surface area contributed by atoms with Gasteiger partial charge in [-0.2, -0.15) is 0 Å². The SMILES string of the molecule is CCCCCCCCCCCCCCCCCC[N+](C)(C)CCC.[SiH3]C1(Cl)CCCCO1. The number of halogens is 1. The molecule has 32 heavy (non-hydrogen) atoms. The van der Waals surface area contributed by atoms with Crippen LogP contribution in [0.15, 0.2) is 0 Å². The van der Waals surface area contributed by atoms with Crippen LogP contribution in [0.25, 0.3) is 0 Å². The lowest BCUT2D eigenvalue weighted by Gasteiger charge is -2.29. The normalized spacial score (nSPS) is 19.0. The van der Waals surface area contributed by atoms with Crippen LogP contribution in [0.4, 0.5) is 0 Å². The average Bonchev–Trinajstić information content (AvgIpc) is 2.73. The standard InChI is InChI=1S/C23H50N.C5H11ClOSi/c1-5-7-8-9-10-11-12-13-14-15-16-17-18-19-20-21-23-24(3,4)22-6-2;6-5(8)3-1-2-4-7-5/h5-23H2,1-4H3;1-4H2,8H3/q+1;. The van der Waals surface area contributed by atoms with Crippen molar-refractivity contribution < 1.29 is 9.22 Å². The van der Waals surface area contributed by atoms with Gasteiger partial charge < -0.3 is 9.22 Å². The molecule has 0 aliphatic carbocycles. The van der Waals surface area contributed by atoms with E-state index < -0.39 is 0 Å². The van der Waals surface area contributed by atoms with Gasteiger partial charge >= 0.3 is 0 Å². The van der Waals surface area contributed by atoms with Crippen LogP contribution in [0.1, 0.15) is 142 Å². The maximum atomic E-state index is 5.91. The third-order valence-corrected chi connectivity index (χ3v) is 7.95. The van der Waals surface area contributed by atoms with Gasteiger partial charge in [0.05, 0.1) is 37.4 Å². The number of ether oxygens (including phenoxy) is 1. The van der Waals surface area contributed by atoms with Gasteiger partial charge in [-0.15, -0.1) is 0 Å². The molecule has 1 fully saturated rings. The van der Waals surface area contributed by atoms with Gasteiger partial charge in [-0.1, -0.05) is 115 Å². The summed E-state index contributed by atoms with van der Waals surface area (Å²) < 4.78 is 6.30. The molecule has 1 unspecified atom stereocenters. The Morgan fingerprint density at radius 1 is 0.656 bits per heavy atom. The summed E-state index contributed by atoms with van der Waals surface area (Å²) in [5, 5.41) is 0. The predicted molar refractivity (Wildman–Crippen MR) is 150 cm³/mol. The minimum absolute atomic E-state index is 0.210. The van der Waals surface area contributed by atoms with Crippen molar-refractivity contribution in [3.63, 3.8) is 0 Å². The number of nitrogens with zero attached hydrogens (tertiary/aromatic N) is 1. The van der Waals surface area contributed by atoms with Crippen molar-refractivity contribution in [3.8, 4) is 0 Å².